The van der Waals surface area contributed by atoms with Gasteiger partial charge >= 0.3 is 17.9 Å². The summed E-state index contributed by atoms with van der Waals surface area (Å²) in [4.78, 5) is 38.1. The fraction of sp³-hybridized carbons (Fsp3) is 0.803. The van der Waals surface area contributed by atoms with Gasteiger partial charge in [0, 0.05) is 19.3 Å². The third kappa shape index (κ3) is 67.6. The van der Waals surface area contributed by atoms with Gasteiger partial charge in [-0.2, -0.15) is 0 Å². The van der Waals surface area contributed by atoms with Crippen molar-refractivity contribution in [3.05, 3.63) is 72.9 Å². The molecule has 0 spiro atoms. The van der Waals surface area contributed by atoms with Crippen LogP contribution in [0.3, 0.4) is 0 Å². The van der Waals surface area contributed by atoms with Crippen molar-refractivity contribution in [2.24, 2.45) is 0 Å². The fourth-order valence-corrected chi connectivity index (χ4v) is 10.5. The summed E-state index contributed by atoms with van der Waals surface area (Å²) in [5.74, 6) is -0.866. The Balaban J connectivity index is 4.00. The van der Waals surface area contributed by atoms with Crippen molar-refractivity contribution in [3.8, 4) is 0 Å². The topological polar surface area (TPSA) is 78.9 Å². The summed E-state index contributed by atoms with van der Waals surface area (Å²) in [6.45, 7) is 6.60. The predicted octanol–water partition coefficient (Wildman–Crippen LogP) is 24.8. The van der Waals surface area contributed by atoms with Gasteiger partial charge in [0.2, 0.25) is 0 Å². The number of carbonyl (C=O) groups is 3. The first-order valence-corrected chi connectivity index (χ1v) is 35.9. The van der Waals surface area contributed by atoms with E-state index in [4.69, 9.17) is 14.2 Å². The number of allylic oxidation sites excluding steroid dienone is 12. The smallest absolute Gasteiger partial charge is 0.306 e. The quantitative estimate of drug-likeness (QED) is 0.0261. The highest BCUT2D eigenvalue weighted by molar-refractivity contribution is 5.71. The molecular formula is C76H136O6. The van der Waals surface area contributed by atoms with E-state index in [9.17, 15) is 14.4 Å². The highest BCUT2D eigenvalue weighted by Gasteiger charge is 2.19. The lowest BCUT2D eigenvalue weighted by Gasteiger charge is -2.18. The molecule has 1 unspecified atom stereocenters. The van der Waals surface area contributed by atoms with Crippen molar-refractivity contribution in [3.63, 3.8) is 0 Å². The minimum atomic E-state index is -0.773. The molecule has 0 bridgehead atoms. The van der Waals surface area contributed by atoms with Crippen LogP contribution in [0.15, 0.2) is 72.9 Å². The number of hydrogen-bond donors (Lipinski definition) is 0. The molecule has 0 aromatic heterocycles. The molecule has 0 fully saturated rings. The second-order valence-electron chi connectivity index (χ2n) is 24.1. The molecule has 0 amide bonds. The Labute approximate surface area is 510 Å². The number of ether oxygens (including phenoxy) is 3. The highest BCUT2D eigenvalue weighted by atomic mass is 16.6. The van der Waals surface area contributed by atoms with Crippen LogP contribution in [0.25, 0.3) is 0 Å². The molecule has 0 rings (SSSR count). The Morgan fingerprint density at radius 3 is 0.683 bits per heavy atom. The van der Waals surface area contributed by atoms with Crippen molar-refractivity contribution in [1.29, 1.82) is 0 Å². The second kappa shape index (κ2) is 70.3. The molecule has 0 heterocycles. The fourth-order valence-electron chi connectivity index (χ4n) is 10.5. The second-order valence-corrected chi connectivity index (χ2v) is 24.1. The van der Waals surface area contributed by atoms with Gasteiger partial charge in [0.15, 0.2) is 6.10 Å². The normalized spacial score (nSPS) is 12.5. The minimum absolute atomic E-state index is 0.0724. The molecular weight excluding hydrogens is 1010 g/mol. The third-order valence-electron chi connectivity index (χ3n) is 15.9. The molecule has 0 aromatic carbocycles. The lowest BCUT2D eigenvalue weighted by atomic mass is 10.0. The van der Waals surface area contributed by atoms with E-state index in [0.717, 1.165) is 83.5 Å². The molecule has 82 heavy (non-hydrogen) atoms. The largest absolute Gasteiger partial charge is 0.462 e. The standard InChI is InChI=1S/C76H136O6/c1-4-7-10-13-16-18-20-22-24-26-28-30-32-34-36-37-38-39-41-42-44-46-48-50-52-54-56-58-60-63-66-69-75(78)81-72-73(71-80-74(77)68-65-62-15-12-9-6-3)82-76(79)70-67-64-61-59-57-55-53-51-49-47-45-43-40-35-33-31-29-27-25-23-21-19-17-14-11-8-5-2/h20-23,26-29,32-35,73H,4-19,24-25,30-31,36-72H2,1-3H3/b22-20-,23-21-,28-26-,29-27-,34-32-,35-33-. The number of rotatable bonds is 66. The van der Waals surface area contributed by atoms with Crippen molar-refractivity contribution in [2.75, 3.05) is 13.2 Å². The molecule has 0 aromatic rings. The molecule has 0 aliphatic heterocycles. The van der Waals surface area contributed by atoms with Crippen LogP contribution in [0.2, 0.25) is 0 Å². The van der Waals surface area contributed by atoms with Gasteiger partial charge < -0.3 is 14.2 Å². The van der Waals surface area contributed by atoms with E-state index in [2.05, 4.69) is 93.7 Å². The first-order chi connectivity index (χ1) is 40.5. The average molecular weight is 1150 g/mol. The molecule has 0 aliphatic carbocycles. The summed E-state index contributed by atoms with van der Waals surface area (Å²) in [5, 5.41) is 0. The Morgan fingerprint density at radius 2 is 0.439 bits per heavy atom. The lowest BCUT2D eigenvalue weighted by molar-refractivity contribution is -0.167. The van der Waals surface area contributed by atoms with E-state index >= 15 is 0 Å². The van der Waals surface area contributed by atoms with Crippen molar-refractivity contribution in [1.82, 2.24) is 0 Å². The zero-order chi connectivity index (χ0) is 59.2. The zero-order valence-corrected chi connectivity index (χ0v) is 54.8. The molecule has 0 aliphatic rings. The van der Waals surface area contributed by atoms with Gasteiger partial charge in [0.1, 0.15) is 13.2 Å². The van der Waals surface area contributed by atoms with Crippen LogP contribution < -0.4 is 0 Å². The maximum atomic E-state index is 12.9. The van der Waals surface area contributed by atoms with E-state index in [1.54, 1.807) is 0 Å². The summed E-state index contributed by atoms with van der Waals surface area (Å²) in [6, 6.07) is 0. The van der Waals surface area contributed by atoms with Gasteiger partial charge in [-0.25, -0.2) is 0 Å². The Hall–Kier alpha value is -3.15. The van der Waals surface area contributed by atoms with Crippen LogP contribution in [0.1, 0.15) is 374 Å². The maximum absolute atomic E-state index is 12.9. The average Bonchev–Trinajstić information content (AvgIpc) is 3.47. The monoisotopic (exact) mass is 1150 g/mol. The molecule has 0 N–H and O–H groups in total. The van der Waals surface area contributed by atoms with Crippen LogP contribution in [0.4, 0.5) is 0 Å². The number of hydrogen-bond acceptors (Lipinski definition) is 6. The van der Waals surface area contributed by atoms with Crippen LogP contribution in [-0.2, 0) is 28.6 Å². The van der Waals surface area contributed by atoms with Crippen LogP contribution in [0, 0.1) is 0 Å². The summed E-state index contributed by atoms with van der Waals surface area (Å²) in [5.41, 5.74) is 0. The molecule has 6 heteroatoms. The van der Waals surface area contributed by atoms with Crippen LogP contribution in [-0.4, -0.2) is 37.2 Å². The number of esters is 3. The lowest BCUT2D eigenvalue weighted by Crippen LogP contribution is -2.30. The Bertz CT molecular complexity index is 1500. The van der Waals surface area contributed by atoms with Crippen molar-refractivity contribution >= 4 is 17.9 Å². The van der Waals surface area contributed by atoms with E-state index < -0.39 is 6.10 Å². The van der Waals surface area contributed by atoms with Gasteiger partial charge in [-0.05, 0) is 96.3 Å². The van der Waals surface area contributed by atoms with E-state index in [0.29, 0.717) is 19.3 Å². The van der Waals surface area contributed by atoms with Gasteiger partial charge in [0.05, 0.1) is 0 Å². The summed E-state index contributed by atoms with van der Waals surface area (Å²) < 4.78 is 16.9. The maximum Gasteiger partial charge on any atom is 0.306 e. The molecule has 0 saturated carbocycles. The van der Waals surface area contributed by atoms with Crippen LogP contribution >= 0.6 is 0 Å². The highest BCUT2D eigenvalue weighted by Crippen LogP contribution is 2.18. The Kier molecular flexibility index (Phi) is 67.6. The number of unbranched alkanes of at least 4 members (excludes halogenated alkanes) is 43. The van der Waals surface area contributed by atoms with E-state index in [1.807, 2.05) is 0 Å². The molecule has 6 nitrogen and oxygen atoms in total. The third-order valence-corrected chi connectivity index (χ3v) is 15.9. The van der Waals surface area contributed by atoms with Gasteiger partial charge in [-0.3, -0.25) is 14.4 Å². The summed E-state index contributed by atoms with van der Waals surface area (Å²) >= 11 is 0. The molecule has 0 saturated heterocycles. The van der Waals surface area contributed by atoms with Gasteiger partial charge in [0.25, 0.3) is 0 Å². The van der Waals surface area contributed by atoms with E-state index in [1.165, 1.54) is 250 Å². The van der Waals surface area contributed by atoms with Gasteiger partial charge in [-0.1, -0.05) is 331 Å². The van der Waals surface area contributed by atoms with Crippen molar-refractivity contribution in [2.45, 2.75) is 380 Å². The predicted molar refractivity (Wildman–Crippen MR) is 358 cm³/mol. The number of carbonyl (C=O) groups excluding carboxylic acids is 3. The molecule has 1 atom stereocenters. The van der Waals surface area contributed by atoms with Crippen LogP contribution in [0.5, 0.6) is 0 Å². The summed E-state index contributed by atoms with van der Waals surface area (Å²) in [7, 11) is 0. The van der Waals surface area contributed by atoms with Crippen molar-refractivity contribution < 1.29 is 28.6 Å². The summed E-state index contributed by atoms with van der Waals surface area (Å²) in [6.07, 6.45) is 92.6. The molecule has 476 valence electrons. The first kappa shape index (κ1) is 78.8. The van der Waals surface area contributed by atoms with E-state index in [-0.39, 0.29) is 31.1 Å². The van der Waals surface area contributed by atoms with Gasteiger partial charge in [-0.15, -0.1) is 0 Å². The zero-order valence-electron chi connectivity index (χ0n) is 54.8. The minimum Gasteiger partial charge on any atom is -0.462 e. The first-order valence-electron chi connectivity index (χ1n) is 35.9. The SMILES string of the molecule is CCCCCCC/C=C\C/C=C\C/C=C\CCCCCCCCCCCCCCCCCCC(=O)OCC(COC(=O)CCCCCCCC)OC(=O)CCCCCCCCCCCCCC/C=C\C/C=C\C/C=C\CCCCCCC. The molecule has 0 radical (unpaired) electrons. The Morgan fingerprint density at radius 1 is 0.244 bits per heavy atom.